The highest BCUT2D eigenvalue weighted by atomic mass is 32.1. The molecule has 6 nitrogen and oxygen atoms in total. The number of urea groups is 1. The number of rotatable bonds is 5. The van der Waals surface area contributed by atoms with E-state index in [-0.39, 0.29) is 12.2 Å². The first-order valence-electron chi connectivity index (χ1n) is 7.81. The van der Waals surface area contributed by atoms with E-state index in [1.807, 2.05) is 17.5 Å². The second-order valence-corrected chi connectivity index (χ2v) is 6.29. The summed E-state index contributed by atoms with van der Waals surface area (Å²) in [4.78, 5) is 27.8. The minimum absolute atomic E-state index is 0.0962. The number of benzene rings is 2. The van der Waals surface area contributed by atoms with Crippen molar-refractivity contribution in [1.82, 2.24) is 10.3 Å². The van der Waals surface area contributed by atoms with E-state index in [0.717, 1.165) is 22.7 Å². The fourth-order valence-corrected chi connectivity index (χ4v) is 2.82. The van der Waals surface area contributed by atoms with E-state index >= 15 is 0 Å². The van der Waals surface area contributed by atoms with Crippen molar-refractivity contribution >= 4 is 34.6 Å². The van der Waals surface area contributed by atoms with Crippen molar-refractivity contribution in [1.29, 1.82) is 0 Å². The van der Waals surface area contributed by atoms with Crippen molar-refractivity contribution < 1.29 is 18.4 Å². The van der Waals surface area contributed by atoms with Gasteiger partial charge in [-0.2, -0.15) is 0 Å². The summed E-state index contributed by atoms with van der Waals surface area (Å²) < 4.78 is 25.9. The summed E-state index contributed by atoms with van der Waals surface area (Å²) in [7, 11) is 0. The van der Waals surface area contributed by atoms with Crippen molar-refractivity contribution in [3.05, 3.63) is 65.7 Å². The smallest absolute Gasteiger partial charge is 0.319 e. The van der Waals surface area contributed by atoms with Crippen molar-refractivity contribution in [2.75, 3.05) is 17.2 Å². The predicted octanol–water partition coefficient (Wildman–Crippen LogP) is 3.85. The Bertz CT molecular complexity index is 947. The molecule has 3 rings (SSSR count). The minimum atomic E-state index is -1.07. The molecule has 0 fully saturated rings. The fourth-order valence-electron chi connectivity index (χ4n) is 2.18. The Balaban J connectivity index is 1.47. The molecule has 0 saturated carbocycles. The molecule has 1 heterocycles. The van der Waals surface area contributed by atoms with Crippen LogP contribution in [0.3, 0.4) is 0 Å². The molecule has 1 aromatic heterocycles. The van der Waals surface area contributed by atoms with E-state index in [0.29, 0.717) is 5.69 Å². The summed E-state index contributed by atoms with van der Waals surface area (Å²) in [5, 5.41) is 10.1. The van der Waals surface area contributed by atoms with Crippen LogP contribution in [0.1, 0.15) is 0 Å². The van der Waals surface area contributed by atoms with Gasteiger partial charge in [0.15, 0.2) is 11.6 Å². The molecule has 0 bridgehead atoms. The van der Waals surface area contributed by atoms with Crippen molar-refractivity contribution in [3.63, 3.8) is 0 Å². The molecule has 27 heavy (non-hydrogen) atoms. The molecule has 3 N–H and O–H groups in total. The number of amides is 3. The highest BCUT2D eigenvalue weighted by molar-refractivity contribution is 7.13. The number of nitrogens with one attached hydrogen (secondary N) is 3. The van der Waals surface area contributed by atoms with Crippen LogP contribution in [-0.2, 0) is 4.79 Å². The Labute approximate surface area is 157 Å². The zero-order chi connectivity index (χ0) is 19.2. The molecule has 0 saturated heterocycles. The highest BCUT2D eigenvalue weighted by Gasteiger charge is 2.09. The van der Waals surface area contributed by atoms with Gasteiger partial charge in [-0.1, -0.05) is 0 Å². The number of halogens is 2. The molecule has 9 heteroatoms. The first-order chi connectivity index (χ1) is 13.0. The summed E-state index contributed by atoms with van der Waals surface area (Å²) in [6.07, 6.45) is 1.71. The lowest BCUT2D eigenvalue weighted by molar-refractivity contribution is -0.115. The Hall–Kier alpha value is -3.33. The molecule has 3 amide bonds. The molecule has 3 aromatic rings. The van der Waals surface area contributed by atoms with Gasteiger partial charge in [0.1, 0.15) is 5.01 Å². The maximum absolute atomic E-state index is 13.1. The summed E-state index contributed by atoms with van der Waals surface area (Å²) >= 11 is 1.51. The molecule has 0 spiro atoms. The van der Waals surface area contributed by atoms with Gasteiger partial charge in [-0.25, -0.2) is 18.6 Å². The van der Waals surface area contributed by atoms with E-state index in [1.165, 1.54) is 17.4 Å². The molecular formula is C18H14F2N4O2S. The first-order valence-corrected chi connectivity index (χ1v) is 8.69. The van der Waals surface area contributed by atoms with Crippen LogP contribution >= 0.6 is 11.3 Å². The zero-order valence-corrected chi connectivity index (χ0v) is 14.6. The Kier molecular flexibility index (Phi) is 5.72. The number of aromatic nitrogens is 1. The van der Waals surface area contributed by atoms with Gasteiger partial charge in [0.05, 0.1) is 6.54 Å². The standard InChI is InChI=1S/C18H14F2N4O2S/c19-14-6-5-13(9-15(14)20)23-16(25)10-22-18(26)24-12-3-1-11(2-4-12)17-21-7-8-27-17/h1-9H,10H2,(H,23,25)(H2,22,24,26). The number of carbonyl (C=O) groups is 2. The topological polar surface area (TPSA) is 83.1 Å². The lowest BCUT2D eigenvalue weighted by Crippen LogP contribution is -2.35. The van der Waals surface area contributed by atoms with Gasteiger partial charge >= 0.3 is 6.03 Å². The summed E-state index contributed by atoms with van der Waals surface area (Å²) in [6, 6.07) is 9.50. The van der Waals surface area contributed by atoms with Crippen LogP contribution in [0.25, 0.3) is 10.6 Å². The molecule has 0 aliphatic carbocycles. The van der Waals surface area contributed by atoms with Gasteiger partial charge < -0.3 is 16.0 Å². The second kappa shape index (κ2) is 8.37. The molecule has 0 unspecified atom stereocenters. The van der Waals surface area contributed by atoms with Crippen molar-refractivity contribution in [2.24, 2.45) is 0 Å². The first kappa shape index (κ1) is 18.5. The molecular weight excluding hydrogens is 374 g/mol. The molecule has 0 atom stereocenters. The average Bonchev–Trinajstić information content (AvgIpc) is 3.18. The maximum atomic E-state index is 13.1. The average molecular weight is 388 g/mol. The van der Waals surface area contributed by atoms with E-state index in [1.54, 1.807) is 18.3 Å². The molecule has 2 aromatic carbocycles. The number of hydrogen-bond donors (Lipinski definition) is 3. The highest BCUT2D eigenvalue weighted by Crippen LogP contribution is 2.23. The minimum Gasteiger partial charge on any atom is -0.329 e. The molecule has 0 aliphatic rings. The Morgan fingerprint density at radius 3 is 2.37 bits per heavy atom. The van der Waals surface area contributed by atoms with Crippen LogP contribution < -0.4 is 16.0 Å². The van der Waals surface area contributed by atoms with E-state index in [4.69, 9.17) is 0 Å². The van der Waals surface area contributed by atoms with Crippen LogP contribution in [0, 0.1) is 11.6 Å². The third kappa shape index (κ3) is 5.08. The van der Waals surface area contributed by atoms with Gasteiger partial charge in [0.25, 0.3) is 0 Å². The van der Waals surface area contributed by atoms with E-state index in [9.17, 15) is 18.4 Å². The number of anilines is 2. The molecule has 138 valence electrons. The van der Waals surface area contributed by atoms with Gasteiger partial charge in [0.2, 0.25) is 5.91 Å². The van der Waals surface area contributed by atoms with Crippen LogP contribution in [0.2, 0.25) is 0 Å². The molecule has 0 radical (unpaired) electrons. The fraction of sp³-hybridized carbons (Fsp3) is 0.0556. The van der Waals surface area contributed by atoms with E-state index in [2.05, 4.69) is 20.9 Å². The number of carbonyl (C=O) groups excluding carboxylic acids is 2. The number of hydrogen-bond acceptors (Lipinski definition) is 4. The third-order valence-corrected chi connectivity index (χ3v) is 4.26. The number of nitrogens with zero attached hydrogens (tertiary/aromatic N) is 1. The van der Waals surface area contributed by atoms with Crippen LogP contribution in [0.15, 0.2) is 54.0 Å². The van der Waals surface area contributed by atoms with Crippen LogP contribution in [0.5, 0.6) is 0 Å². The largest absolute Gasteiger partial charge is 0.329 e. The molecule has 0 aliphatic heterocycles. The van der Waals surface area contributed by atoms with Crippen molar-refractivity contribution in [3.8, 4) is 10.6 Å². The summed E-state index contributed by atoms with van der Waals surface area (Å²) in [5.74, 6) is -2.65. The SMILES string of the molecule is O=C(CNC(=O)Nc1ccc(-c2nccs2)cc1)Nc1ccc(F)c(F)c1. The predicted molar refractivity (Wildman–Crippen MR) is 99.6 cm³/mol. The van der Waals surface area contributed by atoms with Crippen LogP contribution in [0.4, 0.5) is 25.0 Å². The van der Waals surface area contributed by atoms with Crippen LogP contribution in [-0.4, -0.2) is 23.5 Å². The monoisotopic (exact) mass is 388 g/mol. The summed E-state index contributed by atoms with van der Waals surface area (Å²) in [5.41, 5.74) is 1.58. The van der Waals surface area contributed by atoms with Crippen molar-refractivity contribution in [2.45, 2.75) is 0 Å². The van der Waals surface area contributed by atoms with Gasteiger partial charge in [0, 0.05) is 34.6 Å². The summed E-state index contributed by atoms with van der Waals surface area (Å²) in [6.45, 7) is -0.331. The Morgan fingerprint density at radius 1 is 0.963 bits per heavy atom. The second-order valence-electron chi connectivity index (χ2n) is 5.40. The quantitative estimate of drug-likeness (QED) is 0.621. The van der Waals surface area contributed by atoms with Gasteiger partial charge in [-0.3, -0.25) is 4.79 Å². The lowest BCUT2D eigenvalue weighted by atomic mass is 10.2. The normalized spacial score (nSPS) is 10.3. The van der Waals surface area contributed by atoms with Gasteiger partial charge in [-0.15, -0.1) is 11.3 Å². The third-order valence-electron chi connectivity index (χ3n) is 3.43. The zero-order valence-electron chi connectivity index (χ0n) is 13.8. The van der Waals surface area contributed by atoms with Gasteiger partial charge in [-0.05, 0) is 36.4 Å². The lowest BCUT2D eigenvalue weighted by Gasteiger charge is -2.09. The number of thiazole rings is 1. The Morgan fingerprint density at radius 2 is 1.70 bits per heavy atom. The van der Waals surface area contributed by atoms with E-state index < -0.39 is 23.6 Å². The maximum Gasteiger partial charge on any atom is 0.319 e.